The minimum Gasteiger partial charge on any atom is -0.493 e. The van der Waals surface area contributed by atoms with Crippen molar-refractivity contribution in [1.82, 2.24) is 25.5 Å². The molecule has 1 saturated heterocycles. The van der Waals surface area contributed by atoms with Crippen molar-refractivity contribution in [2.45, 2.75) is 25.7 Å². The second-order valence-electron chi connectivity index (χ2n) is 6.52. The summed E-state index contributed by atoms with van der Waals surface area (Å²) in [4.78, 5) is 2.50. The molecule has 1 aromatic heterocycles. The van der Waals surface area contributed by atoms with Crippen molar-refractivity contribution in [2.24, 2.45) is 0 Å². The summed E-state index contributed by atoms with van der Waals surface area (Å²) in [6.07, 6.45) is 6.47. The van der Waals surface area contributed by atoms with Gasteiger partial charge in [-0.1, -0.05) is 6.42 Å². The number of H-pyrrole nitrogens is 1. The van der Waals surface area contributed by atoms with Crippen LogP contribution < -0.4 is 14.8 Å². The number of anilines is 1. The molecule has 1 aromatic carbocycles. The Morgan fingerprint density at radius 1 is 1.32 bits per heavy atom. The van der Waals surface area contributed by atoms with Crippen molar-refractivity contribution in [3.8, 4) is 17.6 Å². The van der Waals surface area contributed by atoms with Crippen LogP contribution in [0.3, 0.4) is 0 Å². The second kappa shape index (κ2) is 10.3. The first-order valence-corrected chi connectivity index (χ1v) is 9.44. The van der Waals surface area contributed by atoms with Gasteiger partial charge in [0.05, 0.1) is 13.7 Å². The van der Waals surface area contributed by atoms with Gasteiger partial charge in [-0.25, -0.2) is 0 Å². The molecule has 28 heavy (non-hydrogen) atoms. The number of hydrogen-bond donors (Lipinski definition) is 2. The maximum absolute atomic E-state index is 9.21. The molecule has 0 spiro atoms. The standard InChI is InChI=1S/C19H25N7O2/c1-27-18-12-16(21-14-15(13-20)19-22-24-25-23-19)6-7-17(18)28-11-5-10-26-8-3-2-4-9-26/h6-7,12,14,21H,2-5,8-11H2,1H3,(H,22,23,24,25). The third-order valence-electron chi connectivity index (χ3n) is 4.58. The van der Waals surface area contributed by atoms with Crippen LogP contribution in [0.1, 0.15) is 31.5 Å². The molecule has 0 atom stereocenters. The quantitative estimate of drug-likeness (QED) is 0.502. The number of rotatable bonds is 9. The molecule has 0 bridgehead atoms. The highest BCUT2D eigenvalue weighted by Crippen LogP contribution is 2.30. The molecule has 0 unspecified atom stereocenters. The molecule has 2 aromatic rings. The summed E-state index contributed by atoms with van der Waals surface area (Å²) in [6.45, 7) is 4.12. The van der Waals surface area contributed by atoms with E-state index in [4.69, 9.17) is 9.47 Å². The van der Waals surface area contributed by atoms with Gasteiger partial charge >= 0.3 is 0 Å². The van der Waals surface area contributed by atoms with Gasteiger partial charge in [0.15, 0.2) is 11.5 Å². The van der Waals surface area contributed by atoms with Crippen LogP contribution >= 0.6 is 0 Å². The van der Waals surface area contributed by atoms with Gasteiger partial charge in [0.25, 0.3) is 0 Å². The summed E-state index contributed by atoms with van der Waals surface area (Å²) in [5, 5.41) is 25.6. The van der Waals surface area contributed by atoms with Gasteiger partial charge in [-0.15, -0.1) is 10.2 Å². The van der Waals surface area contributed by atoms with Gasteiger partial charge in [-0.3, -0.25) is 0 Å². The summed E-state index contributed by atoms with van der Waals surface area (Å²) >= 11 is 0. The number of ether oxygens (including phenoxy) is 2. The number of nitrogens with one attached hydrogen (secondary N) is 2. The van der Waals surface area contributed by atoms with Crippen LogP contribution in [0.15, 0.2) is 24.4 Å². The van der Waals surface area contributed by atoms with Crippen LogP contribution in [0.2, 0.25) is 0 Å². The molecule has 0 amide bonds. The normalized spacial score (nSPS) is 15.1. The number of allylic oxidation sites excluding steroid dienone is 1. The molecule has 0 radical (unpaired) electrons. The number of tetrazole rings is 1. The van der Waals surface area contributed by atoms with E-state index in [1.165, 1.54) is 38.6 Å². The van der Waals surface area contributed by atoms with Gasteiger partial charge in [-0.2, -0.15) is 10.5 Å². The number of nitriles is 1. The van der Waals surface area contributed by atoms with Gasteiger partial charge in [0, 0.05) is 24.5 Å². The molecule has 2 N–H and O–H groups in total. The van der Waals surface area contributed by atoms with Crippen molar-refractivity contribution >= 4 is 11.3 Å². The van der Waals surface area contributed by atoms with E-state index in [0.29, 0.717) is 18.1 Å². The van der Waals surface area contributed by atoms with Gasteiger partial charge < -0.3 is 19.7 Å². The lowest BCUT2D eigenvalue weighted by atomic mass is 10.1. The van der Waals surface area contributed by atoms with Crippen molar-refractivity contribution < 1.29 is 9.47 Å². The van der Waals surface area contributed by atoms with E-state index in [1.807, 2.05) is 24.3 Å². The Labute approximate surface area is 164 Å². The van der Waals surface area contributed by atoms with Crippen LogP contribution in [-0.2, 0) is 0 Å². The van der Waals surface area contributed by atoms with Gasteiger partial charge in [-0.05, 0) is 49.7 Å². The number of nitrogens with zero attached hydrogens (tertiary/aromatic N) is 5. The number of piperidine rings is 1. The molecule has 2 heterocycles. The molecular formula is C19H25N7O2. The fourth-order valence-corrected chi connectivity index (χ4v) is 3.11. The molecule has 1 fully saturated rings. The summed E-state index contributed by atoms with van der Waals surface area (Å²) in [5.74, 6) is 1.57. The Kier molecular flexibility index (Phi) is 7.21. The lowest BCUT2D eigenvalue weighted by Gasteiger charge is -2.26. The third kappa shape index (κ3) is 5.44. The Balaban J connectivity index is 1.53. The first kappa shape index (κ1) is 19.6. The number of benzene rings is 1. The summed E-state index contributed by atoms with van der Waals surface area (Å²) in [6, 6.07) is 7.57. The number of aromatic amines is 1. The number of hydrogen-bond acceptors (Lipinski definition) is 8. The van der Waals surface area contributed by atoms with Crippen molar-refractivity contribution in [2.75, 3.05) is 38.7 Å². The third-order valence-corrected chi connectivity index (χ3v) is 4.58. The van der Waals surface area contributed by atoms with Crippen LogP contribution in [0.5, 0.6) is 11.5 Å². The summed E-state index contributed by atoms with van der Waals surface area (Å²) < 4.78 is 11.3. The predicted octanol–water partition coefficient (Wildman–Crippen LogP) is 2.44. The number of likely N-dealkylation sites (tertiary alicyclic amines) is 1. The van der Waals surface area contributed by atoms with E-state index < -0.39 is 0 Å². The Hall–Kier alpha value is -3.12. The largest absolute Gasteiger partial charge is 0.493 e. The van der Waals surface area contributed by atoms with Crippen LogP contribution in [0.4, 0.5) is 5.69 Å². The highest BCUT2D eigenvalue weighted by atomic mass is 16.5. The van der Waals surface area contributed by atoms with E-state index in [9.17, 15) is 5.26 Å². The van der Waals surface area contributed by atoms with E-state index in [2.05, 4.69) is 30.8 Å². The molecule has 9 heteroatoms. The molecule has 0 saturated carbocycles. The average Bonchev–Trinajstić information content (AvgIpc) is 3.27. The van der Waals surface area contributed by atoms with E-state index in [1.54, 1.807) is 7.11 Å². The molecule has 1 aliphatic rings. The lowest BCUT2D eigenvalue weighted by molar-refractivity contribution is 0.203. The van der Waals surface area contributed by atoms with Gasteiger partial charge in [0.1, 0.15) is 11.6 Å². The van der Waals surface area contributed by atoms with E-state index in [-0.39, 0.29) is 11.4 Å². The van der Waals surface area contributed by atoms with Crippen LogP contribution in [0.25, 0.3) is 5.57 Å². The van der Waals surface area contributed by atoms with Crippen LogP contribution in [-0.4, -0.2) is 58.9 Å². The van der Waals surface area contributed by atoms with Crippen molar-refractivity contribution in [3.05, 3.63) is 30.2 Å². The zero-order valence-electron chi connectivity index (χ0n) is 16.0. The minimum atomic E-state index is 0.232. The fraction of sp³-hybridized carbons (Fsp3) is 0.474. The summed E-state index contributed by atoms with van der Waals surface area (Å²) in [7, 11) is 1.61. The maximum atomic E-state index is 9.21. The first-order chi connectivity index (χ1) is 13.8. The predicted molar refractivity (Wildman–Crippen MR) is 105 cm³/mol. The van der Waals surface area contributed by atoms with Gasteiger partial charge in [0.2, 0.25) is 5.82 Å². The number of methoxy groups -OCH3 is 1. The fourth-order valence-electron chi connectivity index (χ4n) is 3.11. The Morgan fingerprint density at radius 3 is 2.89 bits per heavy atom. The molecule has 1 aliphatic heterocycles. The maximum Gasteiger partial charge on any atom is 0.216 e. The molecule has 148 valence electrons. The Bertz CT molecular complexity index is 808. The molecule has 0 aliphatic carbocycles. The molecular weight excluding hydrogens is 358 g/mol. The van der Waals surface area contributed by atoms with E-state index >= 15 is 0 Å². The second-order valence-corrected chi connectivity index (χ2v) is 6.52. The molecule has 3 rings (SSSR count). The smallest absolute Gasteiger partial charge is 0.216 e. The first-order valence-electron chi connectivity index (χ1n) is 9.44. The summed E-state index contributed by atoms with van der Waals surface area (Å²) in [5.41, 5.74) is 1.03. The zero-order valence-corrected chi connectivity index (χ0v) is 16.0. The number of aromatic nitrogens is 4. The highest BCUT2D eigenvalue weighted by Gasteiger charge is 2.10. The minimum absolute atomic E-state index is 0.232. The highest BCUT2D eigenvalue weighted by molar-refractivity contribution is 5.74. The monoisotopic (exact) mass is 383 g/mol. The molecule has 9 nitrogen and oxygen atoms in total. The lowest BCUT2D eigenvalue weighted by Crippen LogP contribution is -2.31. The van der Waals surface area contributed by atoms with Crippen molar-refractivity contribution in [3.63, 3.8) is 0 Å². The SMILES string of the molecule is COc1cc(NC=C(C#N)c2nn[nH]n2)ccc1OCCCN1CCCCC1. The topological polar surface area (TPSA) is 112 Å². The van der Waals surface area contributed by atoms with E-state index in [0.717, 1.165) is 18.7 Å². The zero-order chi connectivity index (χ0) is 19.6. The average molecular weight is 383 g/mol. The Morgan fingerprint density at radius 2 is 2.18 bits per heavy atom. The van der Waals surface area contributed by atoms with Crippen molar-refractivity contribution in [1.29, 1.82) is 5.26 Å². The van der Waals surface area contributed by atoms with Crippen LogP contribution in [0, 0.1) is 11.3 Å².